The Bertz CT molecular complexity index is 35.2. The first-order valence-electron chi connectivity index (χ1n) is 2.95. The molecule has 0 aromatic heterocycles. The van der Waals surface area contributed by atoms with Crippen molar-refractivity contribution in [2.75, 3.05) is 13.6 Å². The van der Waals surface area contributed by atoms with E-state index in [4.69, 9.17) is 0 Å². The first-order chi connectivity index (χ1) is 3.31. The number of hydrogen-bond acceptors (Lipinski definition) is 1. The van der Waals surface area contributed by atoms with Gasteiger partial charge in [-0.3, -0.25) is 0 Å². The van der Waals surface area contributed by atoms with E-state index >= 15 is 0 Å². The van der Waals surface area contributed by atoms with Crippen LogP contribution < -0.4 is 5.32 Å². The predicted octanol–water partition coefficient (Wildman–Crippen LogP) is 1.25. The molecule has 0 amide bonds. The lowest BCUT2D eigenvalue weighted by molar-refractivity contribution is 0.528. The third kappa shape index (κ3) is 3.80. The lowest BCUT2D eigenvalue weighted by Gasteiger charge is -2.04. The molecule has 1 heteroatoms. The van der Waals surface area contributed by atoms with E-state index in [1.54, 1.807) is 0 Å². The highest BCUT2D eigenvalue weighted by atomic mass is 14.8. The molecule has 0 spiro atoms. The van der Waals surface area contributed by atoms with Crippen LogP contribution in [0.5, 0.6) is 0 Å². The number of nitrogens with one attached hydrogen (secondary N) is 1. The van der Waals surface area contributed by atoms with Gasteiger partial charge in [0.05, 0.1) is 0 Å². The monoisotopic (exact) mass is 101 g/mol. The summed E-state index contributed by atoms with van der Waals surface area (Å²) in [4.78, 5) is 0. The molecule has 1 nitrogen and oxygen atoms in total. The summed E-state index contributed by atoms with van der Waals surface area (Å²) in [7, 11) is 1.99. The van der Waals surface area contributed by atoms with Crippen molar-refractivity contribution in [3.8, 4) is 0 Å². The summed E-state index contributed by atoms with van der Waals surface area (Å²) in [5.74, 6) is 0.838. The third-order valence-corrected chi connectivity index (χ3v) is 1.25. The van der Waals surface area contributed by atoms with Crippen LogP contribution in [0.2, 0.25) is 0 Å². The maximum absolute atomic E-state index is 3.12. The number of hydrogen-bond donors (Lipinski definition) is 1. The van der Waals surface area contributed by atoms with Crippen molar-refractivity contribution in [3.05, 3.63) is 0 Å². The standard InChI is InChI=1S/C6H15N/c1-4-6(2)5-7-3/h6-7H,4-5H2,1-3H3/t6-/m1/s1. The molecule has 0 heterocycles. The molecule has 0 fully saturated rings. The van der Waals surface area contributed by atoms with Gasteiger partial charge in [0.15, 0.2) is 0 Å². The fraction of sp³-hybridized carbons (Fsp3) is 1.00. The topological polar surface area (TPSA) is 12.0 Å². The minimum absolute atomic E-state index is 0.838. The van der Waals surface area contributed by atoms with E-state index in [2.05, 4.69) is 19.2 Å². The molecule has 1 atom stereocenters. The highest BCUT2D eigenvalue weighted by Gasteiger charge is 1.91. The smallest absolute Gasteiger partial charge is 0.00263 e. The molecule has 0 aliphatic carbocycles. The molecular weight excluding hydrogens is 86.1 g/mol. The van der Waals surface area contributed by atoms with E-state index in [1.165, 1.54) is 6.42 Å². The van der Waals surface area contributed by atoms with Gasteiger partial charge in [0.25, 0.3) is 0 Å². The normalized spacial score (nSPS) is 14.1. The average molecular weight is 101 g/mol. The Morgan fingerprint density at radius 2 is 2.14 bits per heavy atom. The molecule has 0 saturated carbocycles. The van der Waals surface area contributed by atoms with Gasteiger partial charge < -0.3 is 5.32 Å². The van der Waals surface area contributed by atoms with Crippen LogP contribution in [0.15, 0.2) is 0 Å². The van der Waals surface area contributed by atoms with Gasteiger partial charge in [-0.25, -0.2) is 0 Å². The van der Waals surface area contributed by atoms with E-state index in [0.29, 0.717) is 0 Å². The van der Waals surface area contributed by atoms with Gasteiger partial charge in [-0.15, -0.1) is 0 Å². The van der Waals surface area contributed by atoms with Gasteiger partial charge >= 0.3 is 0 Å². The number of rotatable bonds is 3. The summed E-state index contributed by atoms with van der Waals surface area (Å²) in [6.45, 7) is 5.61. The minimum Gasteiger partial charge on any atom is -0.319 e. The Hall–Kier alpha value is -0.0400. The first kappa shape index (κ1) is 6.96. The maximum atomic E-state index is 3.12. The van der Waals surface area contributed by atoms with Crippen molar-refractivity contribution in [1.82, 2.24) is 5.32 Å². The zero-order valence-corrected chi connectivity index (χ0v) is 5.49. The highest BCUT2D eigenvalue weighted by Crippen LogP contribution is 1.95. The predicted molar refractivity (Wildman–Crippen MR) is 33.4 cm³/mol. The van der Waals surface area contributed by atoms with Gasteiger partial charge in [-0.2, -0.15) is 0 Å². The second kappa shape index (κ2) is 4.13. The van der Waals surface area contributed by atoms with Gasteiger partial charge in [0.1, 0.15) is 0 Å². The summed E-state index contributed by atoms with van der Waals surface area (Å²) < 4.78 is 0. The molecular formula is C6H15N. The highest BCUT2D eigenvalue weighted by molar-refractivity contribution is 4.49. The van der Waals surface area contributed by atoms with Crippen molar-refractivity contribution in [2.45, 2.75) is 20.3 Å². The SMILES string of the molecule is CC[C@@H](C)CNC. The van der Waals surface area contributed by atoms with E-state index in [9.17, 15) is 0 Å². The van der Waals surface area contributed by atoms with Crippen molar-refractivity contribution >= 4 is 0 Å². The first-order valence-corrected chi connectivity index (χ1v) is 2.95. The Kier molecular flexibility index (Phi) is 4.10. The van der Waals surface area contributed by atoms with E-state index in [-0.39, 0.29) is 0 Å². The van der Waals surface area contributed by atoms with Crippen LogP contribution in [0.1, 0.15) is 20.3 Å². The Balaban J connectivity index is 2.83. The molecule has 7 heavy (non-hydrogen) atoms. The molecule has 0 aliphatic rings. The summed E-state index contributed by atoms with van der Waals surface area (Å²) >= 11 is 0. The quantitative estimate of drug-likeness (QED) is 0.564. The van der Waals surface area contributed by atoms with Crippen LogP contribution in [0.4, 0.5) is 0 Å². The van der Waals surface area contributed by atoms with Crippen LogP contribution in [0.25, 0.3) is 0 Å². The molecule has 0 aromatic carbocycles. The summed E-state index contributed by atoms with van der Waals surface area (Å²) in [6, 6.07) is 0. The Morgan fingerprint density at radius 1 is 1.57 bits per heavy atom. The summed E-state index contributed by atoms with van der Waals surface area (Å²) in [5.41, 5.74) is 0. The Labute approximate surface area is 46.1 Å². The van der Waals surface area contributed by atoms with Crippen LogP contribution in [-0.4, -0.2) is 13.6 Å². The van der Waals surface area contributed by atoms with Gasteiger partial charge in [-0.05, 0) is 19.5 Å². The van der Waals surface area contributed by atoms with Gasteiger partial charge in [0, 0.05) is 0 Å². The molecule has 0 radical (unpaired) electrons. The van der Waals surface area contributed by atoms with Crippen molar-refractivity contribution in [3.63, 3.8) is 0 Å². The minimum atomic E-state index is 0.838. The lowest BCUT2D eigenvalue weighted by Crippen LogP contribution is -2.14. The molecule has 0 saturated heterocycles. The van der Waals surface area contributed by atoms with Crippen molar-refractivity contribution in [2.24, 2.45) is 5.92 Å². The van der Waals surface area contributed by atoms with E-state index < -0.39 is 0 Å². The van der Waals surface area contributed by atoms with Crippen molar-refractivity contribution in [1.29, 1.82) is 0 Å². The molecule has 1 N–H and O–H groups in total. The van der Waals surface area contributed by atoms with Crippen LogP contribution in [0, 0.1) is 5.92 Å². The average Bonchev–Trinajstić information content (AvgIpc) is 1.68. The zero-order chi connectivity index (χ0) is 5.70. The van der Waals surface area contributed by atoms with E-state index in [1.807, 2.05) is 7.05 Å². The molecule has 44 valence electrons. The van der Waals surface area contributed by atoms with Gasteiger partial charge in [0.2, 0.25) is 0 Å². The van der Waals surface area contributed by atoms with Crippen molar-refractivity contribution < 1.29 is 0 Å². The summed E-state index contributed by atoms with van der Waals surface area (Å²) in [5, 5.41) is 3.12. The largest absolute Gasteiger partial charge is 0.319 e. The van der Waals surface area contributed by atoms with Crippen LogP contribution in [0.3, 0.4) is 0 Å². The second-order valence-corrected chi connectivity index (χ2v) is 2.07. The molecule has 0 rings (SSSR count). The lowest BCUT2D eigenvalue weighted by atomic mass is 10.1. The second-order valence-electron chi connectivity index (χ2n) is 2.07. The zero-order valence-electron chi connectivity index (χ0n) is 5.49. The van der Waals surface area contributed by atoms with Crippen LogP contribution >= 0.6 is 0 Å². The third-order valence-electron chi connectivity index (χ3n) is 1.25. The van der Waals surface area contributed by atoms with Gasteiger partial charge in [-0.1, -0.05) is 20.3 Å². The molecule has 0 bridgehead atoms. The fourth-order valence-electron chi connectivity index (χ4n) is 0.493. The molecule has 0 aliphatic heterocycles. The molecule has 0 aromatic rings. The van der Waals surface area contributed by atoms with E-state index in [0.717, 1.165) is 12.5 Å². The summed E-state index contributed by atoms with van der Waals surface area (Å²) in [6.07, 6.45) is 1.28. The Morgan fingerprint density at radius 3 is 2.29 bits per heavy atom. The fourth-order valence-corrected chi connectivity index (χ4v) is 0.493. The van der Waals surface area contributed by atoms with Crippen LogP contribution in [-0.2, 0) is 0 Å². The molecule has 0 unspecified atom stereocenters. The maximum Gasteiger partial charge on any atom is -0.00263 e.